The normalized spacial score (nSPS) is 35.0. The molecule has 240 valence electrons. The second kappa shape index (κ2) is 13.9. The zero-order valence-electron chi connectivity index (χ0n) is 29.2. The maximum absolute atomic E-state index is 6.47. The summed E-state index contributed by atoms with van der Waals surface area (Å²) >= 11 is 5.33. The highest BCUT2D eigenvalue weighted by Crippen LogP contribution is 2.56. The molecule has 1 aromatic rings. The molecule has 1 saturated carbocycles. The van der Waals surface area contributed by atoms with Crippen molar-refractivity contribution in [1.29, 1.82) is 0 Å². The fraction of sp³-hybridized carbons (Fsp3) is 0.694. The Kier molecular flexibility index (Phi) is 11.7. The molecule has 7 heteroatoms. The Bertz CT molecular complexity index is 1190. The van der Waals surface area contributed by atoms with E-state index in [1.165, 1.54) is 6.42 Å². The lowest BCUT2D eigenvalue weighted by Gasteiger charge is -2.36. The van der Waals surface area contributed by atoms with Crippen molar-refractivity contribution in [3.63, 3.8) is 0 Å². The van der Waals surface area contributed by atoms with E-state index in [1.54, 1.807) is 5.57 Å². The van der Waals surface area contributed by atoms with Crippen LogP contribution in [0.3, 0.4) is 0 Å². The summed E-state index contributed by atoms with van der Waals surface area (Å²) in [5.41, 5.74) is 7.69. The Labute approximate surface area is 270 Å². The van der Waals surface area contributed by atoms with E-state index in [0.717, 1.165) is 18.8 Å². The summed E-state index contributed by atoms with van der Waals surface area (Å²) in [6.07, 6.45) is 3.45. The van der Waals surface area contributed by atoms with Crippen molar-refractivity contribution in [2.45, 2.75) is 137 Å². The first kappa shape index (κ1) is 36.0. The molecule has 9 atom stereocenters. The quantitative estimate of drug-likeness (QED) is 0.176. The van der Waals surface area contributed by atoms with Gasteiger partial charge in [-0.25, -0.2) is 0 Å². The SMILES string of the molecule is CC[C@]1(C(C)C#C[Si](C)(C)C)O[C@@H](C)[C@H](OC(=S)Oc2ccccc2)[C@H]1C.CC[C@]12C/C(=C\[Si](C)(C)C)[C@H]([C@H](C)O1)[C@H]2C. The van der Waals surface area contributed by atoms with Crippen molar-refractivity contribution in [3.05, 3.63) is 41.6 Å². The molecule has 2 heterocycles. The number of fused-ring (bicyclic) bond motifs is 2. The molecule has 0 amide bonds. The zero-order chi connectivity index (χ0) is 32.4. The number of hydrogen-bond acceptors (Lipinski definition) is 5. The molecule has 2 aliphatic heterocycles. The lowest BCUT2D eigenvalue weighted by Crippen LogP contribution is -2.43. The van der Waals surface area contributed by atoms with Gasteiger partial charge in [-0.05, 0) is 58.1 Å². The van der Waals surface area contributed by atoms with E-state index < -0.39 is 16.1 Å². The first-order valence-electron chi connectivity index (χ1n) is 16.4. The molecule has 2 saturated heterocycles. The molecular formula is C36H58O4SSi2. The van der Waals surface area contributed by atoms with Crippen molar-refractivity contribution >= 4 is 33.6 Å². The van der Waals surface area contributed by atoms with Gasteiger partial charge in [0.15, 0.2) is 0 Å². The van der Waals surface area contributed by atoms with Gasteiger partial charge in [0, 0.05) is 30.0 Å². The average molecular weight is 643 g/mol. The van der Waals surface area contributed by atoms with Crippen LogP contribution in [0.2, 0.25) is 39.3 Å². The summed E-state index contributed by atoms with van der Waals surface area (Å²) in [5, 5.41) is 0.140. The van der Waals surface area contributed by atoms with Gasteiger partial charge >= 0.3 is 5.24 Å². The predicted molar refractivity (Wildman–Crippen MR) is 190 cm³/mol. The van der Waals surface area contributed by atoms with E-state index in [-0.39, 0.29) is 40.5 Å². The molecule has 4 rings (SSSR count). The highest BCUT2D eigenvalue weighted by molar-refractivity contribution is 7.79. The van der Waals surface area contributed by atoms with E-state index in [1.807, 2.05) is 37.3 Å². The van der Waals surface area contributed by atoms with Crippen LogP contribution in [0.25, 0.3) is 0 Å². The van der Waals surface area contributed by atoms with Crippen LogP contribution in [0.1, 0.15) is 67.7 Å². The van der Waals surface area contributed by atoms with Crippen LogP contribution in [0.4, 0.5) is 0 Å². The molecule has 2 bridgehead atoms. The minimum atomic E-state index is -1.43. The zero-order valence-corrected chi connectivity index (χ0v) is 32.0. The largest absolute Gasteiger partial charge is 0.450 e. The van der Waals surface area contributed by atoms with Crippen LogP contribution >= 0.6 is 12.2 Å². The van der Waals surface area contributed by atoms with Gasteiger partial charge in [-0.1, -0.05) is 96.4 Å². The van der Waals surface area contributed by atoms with Crippen LogP contribution in [0.15, 0.2) is 41.6 Å². The molecular weight excluding hydrogens is 585 g/mol. The van der Waals surface area contributed by atoms with E-state index >= 15 is 0 Å². The lowest BCUT2D eigenvalue weighted by molar-refractivity contribution is -0.0763. The number of thiocarbonyl (C=S) groups is 1. The molecule has 0 N–H and O–H groups in total. The predicted octanol–water partition coefficient (Wildman–Crippen LogP) is 9.47. The third-order valence-corrected chi connectivity index (χ3v) is 12.0. The maximum atomic E-state index is 6.47. The van der Waals surface area contributed by atoms with E-state index in [4.69, 9.17) is 31.2 Å². The van der Waals surface area contributed by atoms with Crippen LogP contribution in [0.5, 0.6) is 5.75 Å². The van der Waals surface area contributed by atoms with E-state index in [2.05, 4.69) is 98.0 Å². The van der Waals surface area contributed by atoms with Crippen LogP contribution in [-0.2, 0) is 14.2 Å². The minimum Gasteiger partial charge on any atom is -0.450 e. The molecule has 0 aromatic heterocycles. The van der Waals surface area contributed by atoms with Crippen molar-refractivity contribution in [2.24, 2.45) is 23.7 Å². The highest BCUT2D eigenvalue weighted by atomic mass is 32.1. The summed E-state index contributed by atoms with van der Waals surface area (Å²) in [7, 11) is -2.51. The van der Waals surface area contributed by atoms with Crippen LogP contribution in [-0.4, -0.2) is 50.9 Å². The van der Waals surface area contributed by atoms with Gasteiger partial charge < -0.3 is 18.9 Å². The average Bonchev–Trinajstić information content (AvgIpc) is 3.42. The van der Waals surface area contributed by atoms with Gasteiger partial charge in [0.1, 0.15) is 19.9 Å². The Morgan fingerprint density at radius 3 is 2.12 bits per heavy atom. The van der Waals surface area contributed by atoms with Crippen molar-refractivity contribution in [3.8, 4) is 17.2 Å². The molecule has 3 aliphatic rings. The number of rotatable bonds is 6. The first-order valence-corrected chi connectivity index (χ1v) is 23.9. The van der Waals surface area contributed by atoms with Crippen molar-refractivity contribution in [1.82, 2.24) is 0 Å². The molecule has 1 aliphatic carbocycles. The minimum absolute atomic E-state index is 0.0756. The fourth-order valence-electron chi connectivity index (χ4n) is 7.58. The number of para-hydroxylation sites is 1. The van der Waals surface area contributed by atoms with Gasteiger partial charge in [-0.15, -0.1) is 11.5 Å². The molecule has 3 fully saturated rings. The molecule has 0 radical (unpaired) electrons. The summed E-state index contributed by atoms with van der Waals surface area (Å²) in [6, 6.07) is 9.46. The Morgan fingerprint density at radius 2 is 1.60 bits per heavy atom. The summed E-state index contributed by atoms with van der Waals surface area (Å²) < 4.78 is 24.4. The summed E-state index contributed by atoms with van der Waals surface area (Å²) in [5.74, 6) is 5.87. The van der Waals surface area contributed by atoms with Gasteiger partial charge in [0.25, 0.3) is 0 Å². The van der Waals surface area contributed by atoms with Crippen molar-refractivity contribution < 1.29 is 18.9 Å². The molecule has 1 aromatic carbocycles. The van der Waals surface area contributed by atoms with Crippen molar-refractivity contribution in [2.75, 3.05) is 0 Å². The Hall–Kier alpha value is -1.44. The second-order valence-corrected chi connectivity index (χ2v) is 25.3. The topological polar surface area (TPSA) is 36.9 Å². The van der Waals surface area contributed by atoms with Crippen LogP contribution < -0.4 is 4.74 Å². The molecule has 43 heavy (non-hydrogen) atoms. The molecule has 1 unspecified atom stereocenters. The maximum Gasteiger partial charge on any atom is 0.358 e. The summed E-state index contributed by atoms with van der Waals surface area (Å²) in [6.45, 7) is 29.6. The van der Waals surface area contributed by atoms with Gasteiger partial charge in [0.05, 0.1) is 31.5 Å². The first-order chi connectivity index (χ1) is 19.9. The summed E-state index contributed by atoms with van der Waals surface area (Å²) in [4.78, 5) is 0. The fourth-order valence-corrected chi connectivity index (χ4v) is 9.85. The Balaban J connectivity index is 0.000000268. The van der Waals surface area contributed by atoms with Gasteiger partial charge in [-0.3, -0.25) is 0 Å². The molecule has 4 nitrogen and oxygen atoms in total. The smallest absolute Gasteiger partial charge is 0.358 e. The van der Waals surface area contributed by atoms with Crippen LogP contribution in [0, 0.1) is 35.1 Å². The number of benzene rings is 1. The number of ether oxygens (including phenoxy) is 4. The standard InChI is InChI=1S/C22H32O3SSi.C14H26OSi/c1-8-22(16(2)14-15-27(5,6)7)17(3)20(18(4)25-22)24-21(26)23-19-12-10-9-11-13-19;1-7-14-8-12(9-16(4,5)6)13(10(14)2)11(3)15-14/h9-13,16-18,20H,8H2,1-7H3;9-11,13H,7-8H2,1-6H3/b;12-9+/t16?,17-,18+,20-,22-;10-,11+,13+,14-/m11/s1. The number of hydrogen-bond donors (Lipinski definition) is 0. The van der Waals surface area contributed by atoms with E-state index in [0.29, 0.717) is 17.8 Å². The van der Waals surface area contributed by atoms with E-state index in [9.17, 15) is 0 Å². The van der Waals surface area contributed by atoms with Gasteiger partial charge in [-0.2, -0.15) is 0 Å². The third-order valence-electron chi connectivity index (χ3n) is 9.70. The van der Waals surface area contributed by atoms with Gasteiger partial charge in [0.2, 0.25) is 0 Å². The lowest BCUT2D eigenvalue weighted by atomic mass is 9.76. The monoisotopic (exact) mass is 642 g/mol. The second-order valence-electron chi connectivity index (χ2n) is 15.2. The molecule has 0 spiro atoms. The Morgan fingerprint density at radius 1 is 0.977 bits per heavy atom. The highest BCUT2D eigenvalue weighted by Gasteiger charge is 2.57. The third kappa shape index (κ3) is 8.44.